The second-order valence-corrected chi connectivity index (χ2v) is 5.44. The van der Waals surface area contributed by atoms with Gasteiger partial charge in [0.25, 0.3) is 0 Å². The van der Waals surface area contributed by atoms with E-state index in [1.165, 1.54) is 12.1 Å². The molecule has 0 aliphatic rings. The highest BCUT2D eigenvalue weighted by Gasteiger charge is 2.28. The van der Waals surface area contributed by atoms with Gasteiger partial charge in [-0.3, -0.25) is 4.68 Å². The van der Waals surface area contributed by atoms with Gasteiger partial charge in [0.05, 0.1) is 13.1 Å². The molecule has 1 aromatic carbocycles. The molecule has 0 radical (unpaired) electrons. The highest BCUT2D eigenvalue weighted by molar-refractivity contribution is 14.0. The number of hydrogen-bond acceptors (Lipinski definition) is 3. The van der Waals surface area contributed by atoms with Crippen LogP contribution in [0.25, 0.3) is 0 Å². The van der Waals surface area contributed by atoms with Crippen LogP contribution in [0.1, 0.15) is 12.5 Å². The molecule has 0 aliphatic carbocycles. The van der Waals surface area contributed by atoms with Crippen molar-refractivity contribution in [3.63, 3.8) is 0 Å². The number of aliphatic imine (C=N–C) groups is 1. The Balaban J connectivity index is 0.00000364. The average molecular weight is 497 g/mol. The lowest BCUT2D eigenvalue weighted by atomic mass is 10.2. The Kier molecular flexibility index (Phi) is 9.97. The zero-order valence-electron chi connectivity index (χ0n) is 14.9. The standard InChI is InChI=1S/C17H22F3N5O.HI/c1-2-21-16(22-9-11-25-10-3-8-24-25)23-12-14-4-6-15(7-5-14)26-13-17(18,19)20;/h3-8,10H,2,9,11-13H2,1H3,(H2,21,22,23);1H. The number of nitrogens with zero attached hydrogens (tertiary/aromatic N) is 3. The molecule has 0 bridgehead atoms. The molecule has 10 heteroatoms. The van der Waals surface area contributed by atoms with E-state index in [0.29, 0.717) is 25.6 Å². The van der Waals surface area contributed by atoms with Gasteiger partial charge in [0.1, 0.15) is 5.75 Å². The summed E-state index contributed by atoms with van der Waals surface area (Å²) in [5, 5.41) is 10.5. The summed E-state index contributed by atoms with van der Waals surface area (Å²) in [5.41, 5.74) is 0.869. The van der Waals surface area contributed by atoms with Crippen molar-refractivity contribution in [3.8, 4) is 5.75 Å². The lowest BCUT2D eigenvalue weighted by Gasteiger charge is -2.12. The van der Waals surface area contributed by atoms with Crippen LogP contribution in [0.4, 0.5) is 13.2 Å². The third kappa shape index (κ3) is 9.50. The van der Waals surface area contributed by atoms with E-state index in [1.54, 1.807) is 18.3 Å². The Morgan fingerprint density at radius 1 is 1.22 bits per heavy atom. The molecule has 1 aromatic heterocycles. The van der Waals surface area contributed by atoms with Crippen molar-refractivity contribution in [2.45, 2.75) is 26.2 Å². The minimum atomic E-state index is -4.34. The fraction of sp³-hybridized carbons (Fsp3) is 0.412. The van der Waals surface area contributed by atoms with Gasteiger partial charge in [0.15, 0.2) is 12.6 Å². The van der Waals surface area contributed by atoms with Crippen LogP contribution >= 0.6 is 24.0 Å². The molecular formula is C17H23F3IN5O. The van der Waals surface area contributed by atoms with Crippen LogP contribution in [-0.2, 0) is 13.1 Å². The van der Waals surface area contributed by atoms with Gasteiger partial charge in [-0.1, -0.05) is 12.1 Å². The smallest absolute Gasteiger partial charge is 0.422 e. The minimum Gasteiger partial charge on any atom is -0.484 e. The number of halogens is 4. The molecule has 0 saturated carbocycles. The van der Waals surface area contributed by atoms with Crippen molar-refractivity contribution < 1.29 is 17.9 Å². The van der Waals surface area contributed by atoms with Crippen LogP contribution in [0.5, 0.6) is 5.75 Å². The number of alkyl halides is 3. The van der Waals surface area contributed by atoms with E-state index in [9.17, 15) is 13.2 Å². The number of hydrogen-bond donors (Lipinski definition) is 2. The number of rotatable bonds is 8. The van der Waals surface area contributed by atoms with Crippen molar-refractivity contribution in [2.75, 3.05) is 19.7 Å². The second-order valence-electron chi connectivity index (χ2n) is 5.44. The van der Waals surface area contributed by atoms with Gasteiger partial charge in [-0.15, -0.1) is 24.0 Å². The van der Waals surface area contributed by atoms with Gasteiger partial charge in [-0.25, -0.2) is 4.99 Å². The summed E-state index contributed by atoms with van der Waals surface area (Å²) < 4.78 is 42.9. The van der Waals surface area contributed by atoms with Crippen LogP contribution in [0.15, 0.2) is 47.7 Å². The quantitative estimate of drug-likeness (QED) is 0.334. The first-order valence-electron chi connectivity index (χ1n) is 8.24. The lowest BCUT2D eigenvalue weighted by molar-refractivity contribution is -0.153. The van der Waals surface area contributed by atoms with E-state index in [0.717, 1.165) is 12.1 Å². The molecule has 0 fully saturated rings. The monoisotopic (exact) mass is 497 g/mol. The maximum Gasteiger partial charge on any atom is 0.422 e. The predicted octanol–water partition coefficient (Wildman–Crippen LogP) is 3.20. The topological polar surface area (TPSA) is 63.5 Å². The molecule has 0 atom stereocenters. The summed E-state index contributed by atoms with van der Waals surface area (Å²) in [6.07, 6.45) is -0.735. The van der Waals surface area contributed by atoms with Crippen LogP contribution < -0.4 is 15.4 Å². The molecule has 27 heavy (non-hydrogen) atoms. The van der Waals surface area contributed by atoms with E-state index < -0.39 is 12.8 Å². The maximum absolute atomic E-state index is 12.1. The summed E-state index contributed by atoms with van der Waals surface area (Å²) in [7, 11) is 0. The van der Waals surface area contributed by atoms with Gasteiger partial charge < -0.3 is 15.4 Å². The molecule has 2 aromatic rings. The third-order valence-electron chi connectivity index (χ3n) is 3.28. The van der Waals surface area contributed by atoms with Gasteiger partial charge in [-0.05, 0) is 30.7 Å². The van der Waals surface area contributed by atoms with E-state index in [1.807, 2.05) is 23.9 Å². The third-order valence-corrected chi connectivity index (χ3v) is 3.28. The number of guanidine groups is 1. The Morgan fingerprint density at radius 2 is 1.96 bits per heavy atom. The van der Waals surface area contributed by atoms with Crippen molar-refractivity contribution in [1.29, 1.82) is 0 Å². The predicted molar refractivity (Wildman–Crippen MR) is 108 cm³/mol. The van der Waals surface area contributed by atoms with Crippen LogP contribution in [0.3, 0.4) is 0 Å². The summed E-state index contributed by atoms with van der Waals surface area (Å²) in [6, 6.07) is 8.27. The molecule has 0 spiro atoms. The second kappa shape index (κ2) is 11.7. The molecule has 2 rings (SSSR count). The number of aromatic nitrogens is 2. The van der Waals surface area contributed by atoms with Crippen LogP contribution in [-0.4, -0.2) is 41.6 Å². The number of ether oxygens (including phenoxy) is 1. The Morgan fingerprint density at radius 3 is 2.56 bits per heavy atom. The van der Waals surface area contributed by atoms with E-state index >= 15 is 0 Å². The zero-order chi connectivity index (χ0) is 18.8. The zero-order valence-corrected chi connectivity index (χ0v) is 17.2. The SMILES string of the molecule is CCNC(=NCc1ccc(OCC(F)(F)F)cc1)NCCn1cccn1.I. The van der Waals surface area contributed by atoms with Crippen LogP contribution in [0.2, 0.25) is 0 Å². The molecule has 150 valence electrons. The van der Waals surface area contributed by atoms with Gasteiger partial charge >= 0.3 is 6.18 Å². The molecule has 0 aliphatic heterocycles. The first-order chi connectivity index (χ1) is 12.5. The Bertz CT molecular complexity index is 675. The largest absolute Gasteiger partial charge is 0.484 e. The first kappa shape index (κ1) is 23.1. The van der Waals surface area contributed by atoms with E-state index in [4.69, 9.17) is 0 Å². The van der Waals surface area contributed by atoms with E-state index in [2.05, 4.69) is 25.5 Å². The molecule has 1 heterocycles. The average Bonchev–Trinajstić information content (AvgIpc) is 3.11. The summed E-state index contributed by atoms with van der Waals surface area (Å²) >= 11 is 0. The fourth-order valence-corrected chi connectivity index (χ4v) is 2.09. The van der Waals surface area contributed by atoms with Gasteiger partial charge in [-0.2, -0.15) is 18.3 Å². The molecule has 0 saturated heterocycles. The first-order valence-corrected chi connectivity index (χ1v) is 8.24. The van der Waals surface area contributed by atoms with Gasteiger partial charge in [0, 0.05) is 25.5 Å². The normalized spacial score (nSPS) is 11.6. The number of benzene rings is 1. The van der Waals surface area contributed by atoms with Crippen molar-refractivity contribution in [3.05, 3.63) is 48.3 Å². The highest BCUT2D eigenvalue weighted by Crippen LogP contribution is 2.19. The Hall–Kier alpha value is -1.98. The lowest BCUT2D eigenvalue weighted by Crippen LogP contribution is -2.38. The van der Waals surface area contributed by atoms with Crippen molar-refractivity contribution in [1.82, 2.24) is 20.4 Å². The number of nitrogens with one attached hydrogen (secondary N) is 2. The minimum absolute atomic E-state index is 0. The maximum atomic E-state index is 12.1. The van der Waals surface area contributed by atoms with E-state index in [-0.39, 0.29) is 29.7 Å². The molecule has 0 unspecified atom stereocenters. The molecular weight excluding hydrogens is 474 g/mol. The van der Waals surface area contributed by atoms with Crippen molar-refractivity contribution >= 4 is 29.9 Å². The Labute approximate surface area is 173 Å². The van der Waals surface area contributed by atoms with Crippen molar-refractivity contribution in [2.24, 2.45) is 4.99 Å². The van der Waals surface area contributed by atoms with Crippen LogP contribution in [0, 0.1) is 0 Å². The summed E-state index contributed by atoms with van der Waals surface area (Å²) in [4.78, 5) is 4.46. The fourth-order valence-electron chi connectivity index (χ4n) is 2.09. The molecule has 6 nitrogen and oxygen atoms in total. The summed E-state index contributed by atoms with van der Waals surface area (Å²) in [6.45, 7) is 3.17. The van der Waals surface area contributed by atoms with Gasteiger partial charge in [0.2, 0.25) is 0 Å². The highest BCUT2D eigenvalue weighted by atomic mass is 127. The summed E-state index contributed by atoms with van der Waals surface area (Å²) in [5.74, 6) is 0.844. The molecule has 0 amide bonds. The molecule has 2 N–H and O–H groups in total.